The average molecular weight is 390 g/mol. The summed E-state index contributed by atoms with van der Waals surface area (Å²) in [6.45, 7) is 7.17. The molecule has 2 saturated heterocycles. The molecule has 0 radical (unpaired) electrons. The number of methoxy groups -OCH3 is 1. The highest BCUT2D eigenvalue weighted by atomic mass is 32.1. The number of benzene rings is 1. The maximum atomic E-state index is 13.1. The molecule has 0 aliphatic carbocycles. The van der Waals surface area contributed by atoms with Crippen LogP contribution < -0.4 is 9.64 Å². The van der Waals surface area contributed by atoms with E-state index in [9.17, 15) is 4.79 Å². The molecule has 2 aliphatic heterocycles. The molecule has 2 aromatic rings. The average Bonchev–Trinajstić information content (AvgIpc) is 3.10. The van der Waals surface area contributed by atoms with Gasteiger partial charge in [0, 0.05) is 26.2 Å². The number of hydrogen-bond donors (Lipinski definition) is 0. The molecule has 0 N–H and O–H groups in total. The monoisotopic (exact) mass is 389 g/mol. The molecular weight excluding hydrogens is 362 g/mol. The largest absolute Gasteiger partial charge is 0.497 e. The van der Waals surface area contributed by atoms with Gasteiger partial charge in [-0.1, -0.05) is 11.3 Å². The Bertz CT molecular complexity index is 814. The zero-order chi connectivity index (χ0) is 19.0. The van der Waals surface area contributed by atoms with Crippen LogP contribution in [0.1, 0.15) is 26.7 Å². The lowest BCUT2D eigenvalue weighted by atomic mass is 9.96. The van der Waals surface area contributed by atoms with Crippen LogP contribution in [-0.4, -0.2) is 61.3 Å². The van der Waals surface area contributed by atoms with Crippen LogP contribution >= 0.6 is 11.3 Å². The minimum Gasteiger partial charge on any atom is -0.497 e. The number of ether oxygens (including phenoxy) is 2. The van der Waals surface area contributed by atoms with Crippen LogP contribution in [0, 0.1) is 5.92 Å². The molecule has 3 unspecified atom stereocenters. The normalized spacial score (nSPS) is 26.4. The summed E-state index contributed by atoms with van der Waals surface area (Å²) >= 11 is 1.67. The number of amides is 1. The van der Waals surface area contributed by atoms with Gasteiger partial charge in [-0.2, -0.15) is 0 Å². The van der Waals surface area contributed by atoms with E-state index < -0.39 is 0 Å². The quantitative estimate of drug-likeness (QED) is 0.807. The van der Waals surface area contributed by atoms with Gasteiger partial charge in [0.15, 0.2) is 5.13 Å². The third kappa shape index (κ3) is 3.89. The SMILES string of the molecule is COc1ccc2nc(N3CCCC(C(=O)N4CC(C)OC(C)C4)C3)sc2c1. The van der Waals surface area contributed by atoms with Crippen LogP contribution in [0.25, 0.3) is 10.2 Å². The van der Waals surface area contributed by atoms with Gasteiger partial charge in [0.2, 0.25) is 5.91 Å². The number of aromatic nitrogens is 1. The number of piperidine rings is 1. The highest BCUT2D eigenvalue weighted by Gasteiger charge is 2.33. The summed E-state index contributed by atoms with van der Waals surface area (Å²) in [6, 6.07) is 5.96. The fourth-order valence-electron chi connectivity index (χ4n) is 4.12. The predicted molar refractivity (Wildman–Crippen MR) is 108 cm³/mol. The van der Waals surface area contributed by atoms with Gasteiger partial charge in [-0.15, -0.1) is 0 Å². The lowest BCUT2D eigenvalue weighted by Gasteiger charge is -2.39. The molecular formula is C20H27N3O3S. The second kappa shape index (κ2) is 7.64. The number of morpholine rings is 1. The molecule has 1 amide bonds. The summed E-state index contributed by atoms with van der Waals surface area (Å²) in [6.07, 6.45) is 2.19. The van der Waals surface area contributed by atoms with Crippen molar-refractivity contribution in [2.75, 3.05) is 38.2 Å². The first-order chi connectivity index (χ1) is 13.0. The number of carbonyl (C=O) groups excluding carboxylic acids is 1. The molecule has 146 valence electrons. The fraction of sp³-hybridized carbons (Fsp3) is 0.600. The second-order valence-electron chi connectivity index (χ2n) is 7.62. The number of thiazole rings is 1. The topological polar surface area (TPSA) is 54.9 Å². The minimum absolute atomic E-state index is 0.0396. The Labute approximate surface area is 164 Å². The van der Waals surface area contributed by atoms with Crippen LogP contribution in [0.2, 0.25) is 0 Å². The van der Waals surface area contributed by atoms with E-state index in [1.165, 1.54) is 0 Å². The Morgan fingerprint density at radius 1 is 1.26 bits per heavy atom. The molecule has 1 aromatic heterocycles. The molecule has 3 heterocycles. The lowest BCUT2D eigenvalue weighted by molar-refractivity contribution is -0.147. The summed E-state index contributed by atoms with van der Waals surface area (Å²) in [5.74, 6) is 1.15. The molecule has 1 aromatic carbocycles. The van der Waals surface area contributed by atoms with E-state index in [0.29, 0.717) is 13.1 Å². The molecule has 27 heavy (non-hydrogen) atoms. The van der Waals surface area contributed by atoms with Crippen LogP contribution in [0.3, 0.4) is 0 Å². The van der Waals surface area contributed by atoms with Gasteiger partial charge in [-0.05, 0) is 44.9 Å². The number of fused-ring (bicyclic) bond motifs is 1. The lowest BCUT2D eigenvalue weighted by Crippen LogP contribution is -2.52. The van der Waals surface area contributed by atoms with Gasteiger partial charge >= 0.3 is 0 Å². The Morgan fingerprint density at radius 2 is 2.04 bits per heavy atom. The number of hydrogen-bond acceptors (Lipinski definition) is 6. The summed E-state index contributed by atoms with van der Waals surface area (Å²) in [7, 11) is 1.68. The van der Waals surface area contributed by atoms with Gasteiger partial charge in [-0.3, -0.25) is 4.79 Å². The zero-order valence-corrected chi connectivity index (χ0v) is 17.0. The van der Waals surface area contributed by atoms with Crippen molar-refractivity contribution in [2.45, 2.75) is 38.9 Å². The first kappa shape index (κ1) is 18.5. The van der Waals surface area contributed by atoms with Crippen molar-refractivity contribution >= 4 is 32.6 Å². The second-order valence-corrected chi connectivity index (χ2v) is 8.62. The highest BCUT2D eigenvalue weighted by molar-refractivity contribution is 7.22. The van der Waals surface area contributed by atoms with E-state index in [4.69, 9.17) is 14.5 Å². The summed E-state index contributed by atoms with van der Waals surface area (Å²) in [5, 5.41) is 1.000. The summed E-state index contributed by atoms with van der Waals surface area (Å²) in [5.41, 5.74) is 0.986. The third-order valence-corrected chi connectivity index (χ3v) is 6.44. The maximum absolute atomic E-state index is 13.1. The zero-order valence-electron chi connectivity index (χ0n) is 16.2. The Kier molecular flexibility index (Phi) is 5.23. The molecule has 0 spiro atoms. The first-order valence-electron chi connectivity index (χ1n) is 9.67. The first-order valence-corrected chi connectivity index (χ1v) is 10.5. The standard InChI is InChI=1S/C20H27N3O3S/c1-13-10-23(11-14(2)26-13)19(24)15-5-4-8-22(12-15)20-21-17-7-6-16(25-3)9-18(17)27-20/h6-7,9,13-15H,4-5,8,10-12H2,1-3H3. The molecule has 0 saturated carbocycles. The van der Waals surface area contributed by atoms with Crippen LogP contribution in [-0.2, 0) is 9.53 Å². The number of rotatable bonds is 3. The predicted octanol–water partition coefficient (Wildman–Crippen LogP) is 3.16. The Balaban J connectivity index is 1.48. The molecule has 7 heteroatoms. The van der Waals surface area contributed by atoms with Crippen molar-refractivity contribution < 1.29 is 14.3 Å². The van der Waals surface area contributed by atoms with Crippen LogP contribution in [0.15, 0.2) is 18.2 Å². The van der Waals surface area contributed by atoms with E-state index >= 15 is 0 Å². The molecule has 3 atom stereocenters. The van der Waals surface area contributed by atoms with E-state index in [0.717, 1.165) is 47.0 Å². The summed E-state index contributed by atoms with van der Waals surface area (Å²) in [4.78, 5) is 22.1. The maximum Gasteiger partial charge on any atom is 0.227 e. The number of carbonyl (C=O) groups is 1. The highest BCUT2D eigenvalue weighted by Crippen LogP contribution is 2.34. The van der Waals surface area contributed by atoms with Gasteiger partial charge in [0.05, 0.1) is 35.5 Å². The van der Waals surface area contributed by atoms with Gasteiger partial charge in [-0.25, -0.2) is 4.98 Å². The van der Waals surface area contributed by atoms with Crippen LogP contribution in [0.4, 0.5) is 5.13 Å². The van der Waals surface area contributed by atoms with E-state index in [1.807, 2.05) is 36.9 Å². The van der Waals surface area contributed by atoms with Gasteiger partial charge in [0.1, 0.15) is 5.75 Å². The van der Waals surface area contributed by atoms with Crippen molar-refractivity contribution in [1.82, 2.24) is 9.88 Å². The van der Waals surface area contributed by atoms with E-state index in [2.05, 4.69) is 4.90 Å². The molecule has 2 aliphatic rings. The van der Waals surface area contributed by atoms with E-state index in [-0.39, 0.29) is 24.0 Å². The molecule has 4 rings (SSSR count). The van der Waals surface area contributed by atoms with Gasteiger partial charge < -0.3 is 19.3 Å². The smallest absolute Gasteiger partial charge is 0.227 e. The molecule has 2 fully saturated rings. The third-order valence-electron chi connectivity index (χ3n) is 5.36. The van der Waals surface area contributed by atoms with Crippen LogP contribution in [0.5, 0.6) is 5.75 Å². The van der Waals surface area contributed by atoms with E-state index in [1.54, 1.807) is 18.4 Å². The minimum atomic E-state index is 0.0396. The van der Waals surface area contributed by atoms with Gasteiger partial charge in [0.25, 0.3) is 0 Å². The fourth-order valence-corrected chi connectivity index (χ4v) is 5.15. The van der Waals surface area contributed by atoms with Crippen molar-refractivity contribution in [2.24, 2.45) is 5.92 Å². The Hall–Kier alpha value is -1.86. The molecule has 0 bridgehead atoms. The number of nitrogens with zero attached hydrogens (tertiary/aromatic N) is 3. The van der Waals surface area contributed by atoms with Crippen molar-refractivity contribution in [1.29, 1.82) is 0 Å². The van der Waals surface area contributed by atoms with Crippen molar-refractivity contribution in [3.05, 3.63) is 18.2 Å². The molecule has 6 nitrogen and oxygen atoms in total. The van der Waals surface area contributed by atoms with Crippen molar-refractivity contribution in [3.8, 4) is 5.75 Å². The van der Waals surface area contributed by atoms with Crippen molar-refractivity contribution in [3.63, 3.8) is 0 Å². The summed E-state index contributed by atoms with van der Waals surface area (Å²) < 4.78 is 12.2. The Morgan fingerprint density at radius 3 is 2.78 bits per heavy atom. The number of anilines is 1.